The Morgan fingerprint density at radius 3 is 2.56 bits per heavy atom. The molecule has 5 nitrogen and oxygen atoms in total. The normalized spacial score (nSPS) is 15.4. The van der Waals surface area contributed by atoms with Gasteiger partial charge in [0.1, 0.15) is 0 Å². The van der Waals surface area contributed by atoms with E-state index in [1.54, 1.807) is 28.8 Å². The van der Waals surface area contributed by atoms with Crippen LogP contribution in [0, 0.1) is 6.92 Å². The van der Waals surface area contributed by atoms with Crippen molar-refractivity contribution in [1.82, 2.24) is 9.55 Å². The number of carbonyl (C=O) groups is 1. The van der Waals surface area contributed by atoms with Crippen LogP contribution >= 0.6 is 23.4 Å². The minimum Gasteiger partial charge on any atom is -0.325 e. The topological polar surface area (TPSA) is 64.0 Å². The molecule has 39 heavy (non-hydrogen) atoms. The van der Waals surface area contributed by atoms with E-state index in [1.165, 1.54) is 23.7 Å². The third kappa shape index (κ3) is 5.04. The molecule has 198 valence electrons. The molecule has 0 aliphatic heterocycles. The summed E-state index contributed by atoms with van der Waals surface area (Å²) in [5, 5.41) is 4.05. The van der Waals surface area contributed by atoms with Crippen molar-refractivity contribution in [3.05, 3.63) is 105 Å². The summed E-state index contributed by atoms with van der Waals surface area (Å²) < 4.78 is 1.73. The van der Waals surface area contributed by atoms with Crippen molar-refractivity contribution in [3.8, 4) is 16.9 Å². The van der Waals surface area contributed by atoms with Crippen molar-refractivity contribution in [2.24, 2.45) is 0 Å². The van der Waals surface area contributed by atoms with Gasteiger partial charge in [-0.15, -0.1) is 0 Å². The molecule has 6 rings (SSSR count). The molecule has 0 radical (unpaired) electrons. The van der Waals surface area contributed by atoms with Gasteiger partial charge < -0.3 is 5.32 Å². The molecule has 1 aromatic heterocycles. The zero-order valence-corrected chi connectivity index (χ0v) is 23.4. The van der Waals surface area contributed by atoms with Crippen LogP contribution in [0.15, 0.2) is 82.7 Å². The van der Waals surface area contributed by atoms with Gasteiger partial charge in [-0.2, -0.15) is 0 Å². The number of fused-ring (bicyclic) bond motifs is 4. The molecule has 1 spiro atoms. The predicted molar refractivity (Wildman–Crippen MR) is 159 cm³/mol. The number of rotatable bonds is 5. The number of benzene rings is 3. The molecule has 0 bridgehead atoms. The Morgan fingerprint density at radius 2 is 1.79 bits per heavy atom. The Morgan fingerprint density at radius 1 is 1.03 bits per heavy atom. The SMILES string of the molecule is Cc1cccc(-n2c(SCC(=O)Nc3ccc(Cl)cc3)nc3c(c2=O)C2(CCCCC2)Cc2ccccc2-3)c1. The lowest BCUT2D eigenvalue weighted by Crippen LogP contribution is -2.43. The highest BCUT2D eigenvalue weighted by atomic mass is 35.5. The number of anilines is 1. The van der Waals surface area contributed by atoms with E-state index in [-0.39, 0.29) is 22.6 Å². The lowest BCUT2D eigenvalue weighted by atomic mass is 9.62. The Bertz CT molecular complexity index is 1610. The molecule has 1 amide bonds. The van der Waals surface area contributed by atoms with Crippen molar-refractivity contribution in [2.75, 3.05) is 11.1 Å². The van der Waals surface area contributed by atoms with Gasteiger partial charge in [0.25, 0.3) is 5.56 Å². The van der Waals surface area contributed by atoms with Crippen LogP contribution in [0.5, 0.6) is 0 Å². The molecule has 2 aliphatic carbocycles. The fourth-order valence-corrected chi connectivity index (χ4v) is 7.07. The lowest BCUT2D eigenvalue weighted by molar-refractivity contribution is -0.113. The highest BCUT2D eigenvalue weighted by molar-refractivity contribution is 7.99. The minimum absolute atomic E-state index is 0.0115. The van der Waals surface area contributed by atoms with E-state index in [0.29, 0.717) is 15.9 Å². The maximum atomic E-state index is 14.6. The average Bonchev–Trinajstić information content (AvgIpc) is 2.93. The van der Waals surface area contributed by atoms with Gasteiger partial charge >= 0.3 is 0 Å². The first-order chi connectivity index (χ1) is 18.9. The number of hydrogen-bond donors (Lipinski definition) is 1. The monoisotopic (exact) mass is 555 g/mol. The van der Waals surface area contributed by atoms with Crippen molar-refractivity contribution in [2.45, 2.75) is 56.0 Å². The van der Waals surface area contributed by atoms with E-state index in [2.05, 4.69) is 23.5 Å². The third-order valence-corrected chi connectivity index (χ3v) is 9.11. The van der Waals surface area contributed by atoms with E-state index >= 15 is 0 Å². The second kappa shape index (κ2) is 10.7. The smallest absolute Gasteiger partial charge is 0.263 e. The number of thioether (sulfide) groups is 1. The summed E-state index contributed by atoms with van der Waals surface area (Å²) in [6, 6.07) is 23.3. The molecule has 1 heterocycles. The average molecular weight is 556 g/mol. The number of carbonyl (C=O) groups excluding carboxylic acids is 1. The Labute approximate surface area is 237 Å². The molecule has 1 saturated carbocycles. The number of aromatic nitrogens is 2. The largest absolute Gasteiger partial charge is 0.325 e. The second-order valence-corrected chi connectivity index (χ2v) is 12.0. The van der Waals surface area contributed by atoms with Gasteiger partial charge in [0.05, 0.1) is 22.7 Å². The highest BCUT2D eigenvalue weighted by Gasteiger charge is 2.43. The van der Waals surface area contributed by atoms with Gasteiger partial charge in [0.2, 0.25) is 5.91 Å². The number of hydrogen-bond acceptors (Lipinski definition) is 4. The maximum Gasteiger partial charge on any atom is 0.263 e. The second-order valence-electron chi connectivity index (χ2n) is 10.6. The fourth-order valence-electron chi connectivity index (χ4n) is 6.14. The van der Waals surface area contributed by atoms with Crippen LogP contribution in [-0.2, 0) is 16.6 Å². The van der Waals surface area contributed by atoms with Gasteiger partial charge in [-0.25, -0.2) is 4.98 Å². The number of halogens is 1. The van der Waals surface area contributed by atoms with Crippen LogP contribution in [0.3, 0.4) is 0 Å². The fraction of sp³-hybridized carbons (Fsp3) is 0.281. The first-order valence-corrected chi connectivity index (χ1v) is 14.8. The molecule has 0 saturated heterocycles. The molecule has 0 atom stereocenters. The van der Waals surface area contributed by atoms with Gasteiger partial charge in [-0.3, -0.25) is 14.2 Å². The summed E-state index contributed by atoms with van der Waals surface area (Å²) >= 11 is 7.27. The Kier molecular flexibility index (Phi) is 7.08. The van der Waals surface area contributed by atoms with Crippen LogP contribution in [0.4, 0.5) is 5.69 Å². The van der Waals surface area contributed by atoms with Gasteiger partial charge in [0.15, 0.2) is 5.16 Å². The zero-order chi connectivity index (χ0) is 27.0. The molecule has 3 aromatic carbocycles. The molecule has 2 aliphatic rings. The predicted octanol–water partition coefficient (Wildman–Crippen LogP) is 7.35. The summed E-state index contributed by atoms with van der Waals surface area (Å²) in [7, 11) is 0. The van der Waals surface area contributed by atoms with Gasteiger partial charge in [0, 0.05) is 21.7 Å². The van der Waals surface area contributed by atoms with Crippen molar-refractivity contribution in [3.63, 3.8) is 0 Å². The maximum absolute atomic E-state index is 14.6. The van der Waals surface area contributed by atoms with E-state index < -0.39 is 0 Å². The number of amides is 1. The molecule has 4 aromatic rings. The number of nitrogens with one attached hydrogen (secondary N) is 1. The Balaban J connectivity index is 1.47. The quantitative estimate of drug-likeness (QED) is 0.206. The summed E-state index contributed by atoms with van der Waals surface area (Å²) in [5.74, 6) is -0.0545. The lowest BCUT2D eigenvalue weighted by Gasteiger charge is -2.42. The molecule has 1 N–H and O–H groups in total. The highest BCUT2D eigenvalue weighted by Crippen LogP contribution is 2.49. The number of aryl methyl sites for hydroxylation is 1. The van der Waals surface area contributed by atoms with E-state index in [0.717, 1.165) is 60.2 Å². The van der Waals surface area contributed by atoms with Crippen molar-refractivity contribution >= 4 is 35.0 Å². The van der Waals surface area contributed by atoms with Gasteiger partial charge in [-0.1, -0.05) is 79.0 Å². The molecular weight excluding hydrogens is 526 g/mol. The van der Waals surface area contributed by atoms with E-state index in [9.17, 15) is 9.59 Å². The summed E-state index contributed by atoms with van der Waals surface area (Å²) in [5.41, 5.74) is 6.22. The van der Waals surface area contributed by atoms with Crippen molar-refractivity contribution in [1.29, 1.82) is 0 Å². The molecule has 1 fully saturated rings. The van der Waals surface area contributed by atoms with E-state index in [1.807, 2.05) is 37.3 Å². The summed E-state index contributed by atoms with van der Waals surface area (Å²) in [6.45, 7) is 2.02. The summed E-state index contributed by atoms with van der Waals surface area (Å²) in [4.78, 5) is 32.7. The van der Waals surface area contributed by atoms with Crippen LogP contribution in [0.25, 0.3) is 16.9 Å². The first-order valence-electron chi connectivity index (χ1n) is 13.4. The summed E-state index contributed by atoms with van der Waals surface area (Å²) in [6.07, 6.45) is 6.30. The number of nitrogens with zero attached hydrogens (tertiary/aromatic N) is 2. The first kappa shape index (κ1) is 25.9. The minimum atomic E-state index is -0.202. The van der Waals surface area contributed by atoms with Crippen molar-refractivity contribution < 1.29 is 4.79 Å². The van der Waals surface area contributed by atoms with Gasteiger partial charge in [-0.05, 0) is 73.7 Å². The van der Waals surface area contributed by atoms with E-state index in [4.69, 9.17) is 16.6 Å². The van der Waals surface area contributed by atoms with Crippen LogP contribution in [-0.4, -0.2) is 21.2 Å². The third-order valence-electron chi connectivity index (χ3n) is 7.92. The molecule has 7 heteroatoms. The Hall–Kier alpha value is -3.35. The van der Waals surface area contributed by atoms with Crippen LogP contribution in [0.2, 0.25) is 5.02 Å². The zero-order valence-electron chi connectivity index (χ0n) is 21.9. The van der Waals surface area contributed by atoms with Crippen LogP contribution in [0.1, 0.15) is 48.8 Å². The molecule has 0 unspecified atom stereocenters. The standard InChI is InChI=1S/C32H30ClN3O2S/c1-21-8-7-10-25(18-21)36-30(38)28-29(26-11-4-3-9-22(26)19-32(28)16-5-2-6-17-32)35-31(36)39-20-27(37)34-24-14-12-23(33)13-15-24/h3-4,7-15,18H,2,5-6,16-17,19-20H2,1H3,(H,34,37). The van der Waals surface area contributed by atoms with Crippen LogP contribution < -0.4 is 10.9 Å². The molecular formula is C32H30ClN3O2S.